The van der Waals surface area contributed by atoms with Crippen molar-refractivity contribution in [3.8, 4) is 45.4 Å². The van der Waals surface area contributed by atoms with Gasteiger partial charge in [0.1, 0.15) is 23.8 Å². The number of allylic oxidation sites excluding steroid dienone is 3. The number of phenolic OH excluding ortho intramolecular Hbond substituents is 1. The molecule has 190 valence electrons. The van der Waals surface area contributed by atoms with Gasteiger partial charge in [-0.05, 0) is 54.3 Å². The quantitative estimate of drug-likeness (QED) is 0.375. The Morgan fingerprint density at radius 1 is 1.03 bits per heavy atom. The minimum absolute atomic E-state index is 0.0316. The Kier molecular flexibility index (Phi) is 7.21. The fraction of sp³-hybridized carbons (Fsp3) is 0.269. The Labute approximate surface area is 211 Å². The first kappa shape index (κ1) is 25.5. The van der Waals surface area contributed by atoms with Crippen molar-refractivity contribution in [2.75, 3.05) is 20.8 Å². The van der Waals surface area contributed by atoms with Gasteiger partial charge in [0, 0.05) is 29.3 Å². The number of aromatic nitrogens is 2. The molecule has 0 saturated carbocycles. The van der Waals surface area contributed by atoms with Crippen LogP contribution in [0.4, 0.5) is 13.2 Å². The van der Waals surface area contributed by atoms with Gasteiger partial charge >= 0.3 is 6.18 Å². The van der Waals surface area contributed by atoms with Crippen molar-refractivity contribution in [3.05, 3.63) is 64.8 Å². The first-order valence-electron chi connectivity index (χ1n) is 11.0. The molecule has 0 radical (unpaired) electrons. The van der Waals surface area contributed by atoms with Crippen LogP contribution in [0.25, 0.3) is 22.4 Å². The summed E-state index contributed by atoms with van der Waals surface area (Å²) in [4.78, 5) is 0. The lowest BCUT2D eigenvalue weighted by Crippen LogP contribution is -2.13. The van der Waals surface area contributed by atoms with Crippen molar-refractivity contribution in [1.29, 1.82) is 0 Å². The average molecular weight is 521 g/mol. The molecule has 0 atom stereocenters. The maximum Gasteiger partial charge on any atom is 0.433 e. The number of aromatic hydroxyl groups is 1. The summed E-state index contributed by atoms with van der Waals surface area (Å²) < 4.78 is 59.3. The molecule has 0 unspecified atom stereocenters. The second-order valence-corrected chi connectivity index (χ2v) is 8.65. The Bertz CT molecular complexity index is 1350. The lowest BCUT2D eigenvalue weighted by molar-refractivity contribution is -0.143. The van der Waals surface area contributed by atoms with Crippen molar-refractivity contribution in [2.45, 2.75) is 19.0 Å². The summed E-state index contributed by atoms with van der Waals surface area (Å²) in [6.45, 7) is 0.304. The van der Waals surface area contributed by atoms with Gasteiger partial charge in [-0.15, -0.1) is 0 Å². The first-order chi connectivity index (χ1) is 17.1. The molecular weight excluding hydrogens is 497 g/mol. The van der Waals surface area contributed by atoms with Gasteiger partial charge < -0.3 is 19.3 Å². The van der Waals surface area contributed by atoms with E-state index in [0.29, 0.717) is 18.1 Å². The molecule has 2 aromatic carbocycles. The van der Waals surface area contributed by atoms with Gasteiger partial charge in [0.2, 0.25) is 0 Å². The topological polar surface area (TPSA) is 65.7 Å². The lowest BCUT2D eigenvalue weighted by atomic mass is 9.97. The Morgan fingerprint density at radius 2 is 1.78 bits per heavy atom. The van der Waals surface area contributed by atoms with E-state index in [1.807, 2.05) is 12.2 Å². The van der Waals surface area contributed by atoms with E-state index < -0.39 is 11.9 Å². The van der Waals surface area contributed by atoms with E-state index in [1.54, 1.807) is 6.07 Å². The predicted molar refractivity (Wildman–Crippen MR) is 131 cm³/mol. The van der Waals surface area contributed by atoms with Gasteiger partial charge in [-0.1, -0.05) is 23.7 Å². The van der Waals surface area contributed by atoms with Crippen molar-refractivity contribution in [3.63, 3.8) is 0 Å². The zero-order valence-electron chi connectivity index (χ0n) is 19.8. The first-order valence-corrected chi connectivity index (χ1v) is 11.4. The molecule has 0 saturated heterocycles. The second-order valence-electron chi connectivity index (χ2n) is 8.17. The highest BCUT2D eigenvalue weighted by Crippen LogP contribution is 2.46. The summed E-state index contributed by atoms with van der Waals surface area (Å²) in [5, 5.41) is 15.7. The van der Waals surface area contributed by atoms with E-state index in [-0.39, 0.29) is 33.9 Å². The van der Waals surface area contributed by atoms with E-state index in [1.165, 1.54) is 51.6 Å². The van der Waals surface area contributed by atoms with Crippen LogP contribution in [0.15, 0.2) is 59.2 Å². The number of benzene rings is 2. The smallest absolute Gasteiger partial charge is 0.433 e. The molecule has 1 aliphatic carbocycles. The number of nitrogens with zero attached hydrogens (tertiary/aromatic N) is 2. The fourth-order valence-electron chi connectivity index (χ4n) is 4.06. The number of aryl methyl sites for hydroxylation is 1. The molecule has 0 bridgehead atoms. The monoisotopic (exact) mass is 520 g/mol. The molecule has 1 aromatic heterocycles. The third kappa shape index (κ3) is 5.16. The highest BCUT2D eigenvalue weighted by Gasteiger charge is 2.40. The normalized spacial score (nSPS) is 13.8. The number of hydrogen-bond acceptors (Lipinski definition) is 5. The summed E-state index contributed by atoms with van der Waals surface area (Å²) in [7, 11) is 4.05. The highest BCUT2D eigenvalue weighted by atomic mass is 35.5. The van der Waals surface area contributed by atoms with E-state index >= 15 is 0 Å². The molecule has 0 aliphatic heterocycles. The molecule has 0 amide bonds. The number of hydrogen-bond donors (Lipinski definition) is 1. The number of ether oxygens (including phenoxy) is 3. The number of methoxy groups -OCH3 is 2. The van der Waals surface area contributed by atoms with Crippen LogP contribution < -0.4 is 14.2 Å². The van der Waals surface area contributed by atoms with E-state index in [4.69, 9.17) is 25.8 Å². The number of phenols is 1. The third-order valence-electron chi connectivity index (χ3n) is 5.82. The summed E-state index contributed by atoms with van der Waals surface area (Å²) >= 11 is 5.98. The molecule has 36 heavy (non-hydrogen) atoms. The van der Waals surface area contributed by atoms with Gasteiger partial charge in [-0.3, -0.25) is 4.68 Å². The van der Waals surface area contributed by atoms with Crippen molar-refractivity contribution < 1.29 is 32.5 Å². The summed E-state index contributed by atoms with van der Waals surface area (Å²) in [5.41, 5.74) is 0.198. The molecule has 1 N–H and O–H groups in total. The largest absolute Gasteiger partial charge is 0.507 e. The number of alkyl halides is 3. The van der Waals surface area contributed by atoms with Crippen LogP contribution in [0.1, 0.15) is 18.5 Å². The molecule has 1 heterocycles. The Morgan fingerprint density at radius 3 is 2.39 bits per heavy atom. The van der Waals surface area contributed by atoms with Crippen LogP contribution in [0.3, 0.4) is 0 Å². The third-order valence-corrected chi connectivity index (χ3v) is 6.14. The van der Waals surface area contributed by atoms with E-state index in [0.717, 1.165) is 28.1 Å². The molecule has 0 fully saturated rings. The molecule has 6 nitrogen and oxygen atoms in total. The van der Waals surface area contributed by atoms with Gasteiger partial charge in [0.25, 0.3) is 0 Å². The Balaban J connectivity index is 1.75. The Hall–Kier alpha value is -3.59. The van der Waals surface area contributed by atoms with Gasteiger partial charge in [0.15, 0.2) is 17.2 Å². The SMILES string of the molecule is COc1ccc(-c2c(-c3ccc(OCC4=CC=C(Cl)CC4)cc3O)nn(C)c2C(F)(F)F)cc1OC. The summed E-state index contributed by atoms with van der Waals surface area (Å²) in [6, 6.07) is 8.89. The zero-order chi connectivity index (χ0) is 26.0. The van der Waals surface area contributed by atoms with Crippen LogP contribution in [0, 0.1) is 0 Å². The zero-order valence-corrected chi connectivity index (χ0v) is 20.6. The maximum absolute atomic E-state index is 14.1. The minimum Gasteiger partial charge on any atom is -0.507 e. The van der Waals surface area contributed by atoms with E-state index in [9.17, 15) is 18.3 Å². The predicted octanol–water partition coefficient (Wildman–Crippen LogP) is 6.72. The van der Waals surface area contributed by atoms with Crippen molar-refractivity contribution in [1.82, 2.24) is 9.78 Å². The second kappa shape index (κ2) is 10.2. The number of halogens is 4. The van der Waals surface area contributed by atoms with E-state index in [2.05, 4.69) is 5.10 Å². The summed E-state index contributed by atoms with van der Waals surface area (Å²) in [5.74, 6) is 0.744. The molecule has 4 rings (SSSR count). The van der Waals surface area contributed by atoms with Gasteiger partial charge in [0.05, 0.1) is 14.2 Å². The van der Waals surface area contributed by atoms with Crippen LogP contribution in [0.5, 0.6) is 23.0 Å². The maximum atomic E-state index is 14.1. The molecule has 1 aliphatic rings. The molecular formula is C26H24ClF3N2O4. The fourth-order valence-corrected chi connectivity index (χ4v) is 4.21. The summed E-state index contributed by atoms with van der Waals surface area (Å²) in [6.07, 6.45) is 0.511. The van der Waals surface area contributed by atoms with Gasteiger partial charge in [-0.25, -0.2) is 0 Å². The van der Waals surface area contributed by atoms with Crippen molar-refractivity contribution in [2.24, 2.45) is 7.05 Å². The minimum atomic E-state index is -4.70. The highest BCUT2D eigenvalue weighted by molar-refractivity contribution is 6.29. The molecule has 0 spiro atoms. The standard InChI is InChI=1S/C26H24ClF3N2O4/c1-32-25(26(28,29)30)23(16-6-11-21(34-2)22(12-16)35-3)24(31-32)19-10-9-18(13-20(19)33)36-14-15-4-7-17(27)8-5-15/h4,6-7,9-13,33H,5,8,14H2,1-3H3. The number of rotatable bonds is 7. The van der Waals surface area contributed by atoms with Crippen LogP contribution in [-0.2, 0) is 13.2 Å². The van der Waals surface area contributed by atoms with Crippen LogP contribution >= 0.6 is 11.6 Å². The van der Waals surface area contributed by atoms with Crippen LogP contribution in [0.2, 0.25) is 0 Å². The molecule has 3 aromatic rings. The average Bonchev–Trinajstić information content (AvgIpc) is 3.20. The van der Waals surface area contributed by atoms with Gasteiger partial charge in [-0.2, -0.15) is 18.3 Å². The molecule has 10 heteroatoms. The van der Waals surface area contributed by atoms with Crippen LogP contribution in [-0.4, -0.2) is 35.7 Å². The van der Waals surface area contributed by atoms with Crippen molar-refractivity contribution >= 4 is 11.6 Å². The lowest BCUT2D eigenvalue weighted by Gasteiger charge is -2.15.